The average molecular weight is 186 g/mol. The Morgan fingerprint density at radius 2 is 1.75 bits per heavy atom. The molecule has 0 radical (unpaired) electrons. The molecule has 0 spiro atoms. The summed E-state index contributed by atoms with van der Waals surface area (Å²) in [5.74, 6) is 0. The molecule has 0 N–H and O–H groups in total. The van der Waals surface area contributed by atoms with E-state index in [-0.39, 0.29) is 41.3 Å². The van der Waals surface area contributed by atoms with Gasteiger partial charge in [0.1, 0.15) is 0 Å². The van der Waals surface area contributed by atoms with Crippen molar-refractivity contribution in [3.8, 4) is 0 Å². The van der Waals surface area contributed by atoms with Gasteiger partial charge in [-0.05, 0) is 0 Å². The smallest absolute Gasteiger partial charge is 0.554 e. The zero-order chi connectivity index (χ0) is 2.71. The van der Waals surface area contributed by atoms with Gasteiger partial charge in [-0.2, -0.15) is 0 Å². The van der Waals surface area contributed by atoms with E-state index in [9.17, 15) is 0 Å². The molecule has 0 aliphatic heterocycles. The van der Waals surface area contributed by atoms with E-state index in [1.807, 2.05) is 0 Å². The molecule has 0 bridgehead atoms. The Hall–Kier alpha value is 0.834. The Bertz CT molecular complexity index is 13.5. The molecule has 0 aromatic heterocycles. The minimum atomic E-state index is -0.500. The molecule has 0 atom stereocenters. The summed E-state index contributed by atoms with van der Waals surface area (Å²) in [6.07, 6.45) is 0. The van der Waals surface area contributed by atoms with Crippen LogP contribution in [0.15, 0.2) is 0 Å². The van der Waals surface area contributed by atoms with Crippen LogP contribution in [0, 0.1) is 41.3 Å². The van der Waals surface area contributed by atoms with Crippen LogP contribution in [0.5, 0.6) is 0 Å². The first-order valence-electron chi connectivity index (χ1n) is 0.471. The normalized spacial score (nSPS) is 3.00. The summed E-state index contributed by atoms with van der Waals surface area (Å²) in [5, 5.41) is 8.25. The number of carbonyl (C=O) groups excluding carboxylic acids is 1. The molecule has 0 aliphatic carbocycles. The topological polar surface area (TPSA) is 40.1 Å². The Labute approximate surface area is 57.1 Å². The summed E-state index contributed by atoms with van der Waals surface area (Å²) < 4.78 is 0. The fourth-order valence-corrected chi connectivity index (χ4v) is 0. The Kier molecular flexibility index (Phi) is 20.2. The van der Waals surface area contributed by atoms with Crippen LogP contribution >= 0.6 is 0 Å². The van der Waals surface area contributed by atoms with Gasteiger partial charge in [0.15, 0.2) is 0 Å². The van der Waals surface area contributed by atoms with Crippen LogP contribution < -0.4 is 5.11 Å². The van der Waals surface area contributed by atoms with Crippen molar-refractivity contribution in [2.24, 2.45) is 0 Å². The second kappa shape index (κ2) is 9.16. The summed E-state index contributed by atoms with van der Waals surface area (Å²) >= 11 is 0. The van der Waals surface area contributed by atoms with E-state index in [2.05, 4.69) is 0 Å². The van der Waals surface area contributed by atoms with Crippen molar-refractivity contribution in [3.05, 3.63) is 0 Å². The molecular weight excluding hydrogens is 185 g/mol. The van der Waals surface area contributed by atoms with Gasteiger partial charge in [0.2, 0.25) is 0 Å². The molecule has 0 unspecified atom stereocenters. The molecule has 0 saturated carbocycles. The molecule has 3 heteroatoms. The van der Waals surface area contributed by atoms with Crippen molar-refractivity contribution in [1.82, 2.24) is 0 Å². The first kappa shape index (κ1) is 8.85. The largest absolute Gasteiger partial charge is 3.00 e. The Morgan fingerprint density at radius 3 is 1.75 bits per heavy atom. The maximum Gasteiger partial charge on any atom is 3.00 e. The van der Waals surface area contributed by atoms with Crippen molar-refractivity contribution in [3.63, 3.8) is 0 Å². The molecule has 0 amide bonds. The first-order valence-corrected chi connectivity index (χ1v) is 0.471. The van der Waals surface area contributed by atoms with Gasteiger partial charge in [-0.25, -0.2) is 0 Å². The molecule has 2 nitrogen and oxygen atoms in total. The number of hydrogen-bond donors (Lipinski definition) is 0. The number of carbonyl (C=O) groups is 1. The molecule has 0 rings (SSSR count). The van der Waals surface area contributed by atoms with Gasteiger partial charge >= 0.3 is 41.3 Å². The fourth-order valence-electron chi connectivity index (χ4n) is 0. The molecule has 0 aliphatic rings. The van der Waals surface area contributed by atoms with Gasteiger partial charge in [0, 0.05) is 6.47 Å². The summed E-state index contributed by atoms with van der Waals surface area (Å²) in [6, 6.07) is 0. The predicted molar refractivity (Wildman–Crippen MR) is 6.06 cm³/mol. The zero-order valence-corrected chi connectivity index (χ0v) is 5.68. The number of rotatable bonds is 0. The standard InChI is InChI=1S/CH2O2.Pr/c2-1-3;/h1H,(H,2,3);/q;+3/p-1. The Morgan fingerprint density at radius 1 is 1.75 bits per heavy atom. The zero-order valence-electron chi connectivity index (χ0n) is 1.97. The van der Waals surface area contributed by atoms with Crippen molar-refractivity contribution in [1.29, 1.82) is 0 Å². The molecule has 0 fully saturated rings. The van der Waals surface area contributed by atoms with E-state index in [4.69, 9.17) is 9.90 Å². The summed E-state index contributed by atoms with van der Waals surface area (Å²) in [6.45, 7) is -0.500. The van der Waals surface area contributed by atoms with Crippen molar-refractivity contribution in [2.75, 3.05) is 0 Å². The van der Waals surface area contributed by atoms with Crippen molar-refractivity contribution >= 4 is 6.47 Å². The summed E-state index contributed by atoms with van der Waals surface area (Å²) in [4.78, 5) is 8.25. The molecule has 4 heavy (non-hydrogen) atoms. The minimum absolute atomic E-state index is 0. The second-order valence-electron chi connectivity index (χ2n) is 0.0962. The SMILES string of the molecule is O=C[O-].[Pr+3]. The van der Waals surface area contributed by atoms with Crippen LogP contribution in [0.1, 0.15) is 0 Å². The number of hydrogen-bond acceptors (Lipinski definition) is 2. The summed E-state index contributed by atoms with van der Waals surface area (Å²) in [5.41, 5.74) is 0. The molecule has 0 heterocycles. The van der Waals surface area contributed by atoms with E-state index in [0.717, 1.165) is 0 Å². The van der Waals surface area contributed by atoms with Crippen LogP contribution in [0.3, 0.4) is 0 Å². The van der Waals surface area contributed by atoms with E-state index in [1.54, 1.807) is 0 Å². The van der Waals surface area contributed by atoms with Gasteiger partial charge < -0.3 is 9.90 Å². The first-order chi connectivity index (χ1) is 1.41. The second-order valence-corrected chi connectivity index (χ2v) is 0.0962. The molecular formula is CHO2Pr+2. The monoisotopic (exact) mass is 186 g/mol. The third-order valence-electron chi connectivity index (χ3n) is 0. The van der Waals surface area contributed by atoms with Crippen molar-refractivity contribution in [2.45, 2.75) is 0 Å². The van der Waals surface area contributed by atoms with E-state index >= 15 is 0 Å². The third kappa shape index (κ3) is 13.7. The van der Waals surface area contributed by atoms with Crippen LogP contribution in [0.2, 0.25) is 0 Å². The molecule has 0 aromatic rings. The average Bonchev–Trinajstić information content (AvgIpc) is 0.918. The van der Waals surface area contributed by atoms with Crippen LogP contribution in [0.4, 0.5) is 0 Å². The Balaban J connectivity index is 0. The van der Waals surface area contributed by atoms with Gasteiger partial charge in [-0.1, -0.05) is 0 Å². The predicted octanol–water partition coefficient (Wildman–Crippen LogP) is -1.63. The molecule has 18 valence electrons. The quantitative estimate of drug-likeness (QED) is 0.426. The molecule has 0 saturated heterocycles. The summed E-state index contributed by atoms with van der Waals surface area (Å²) in [7, 11) is 0. The van der Waals surface area contributed by atoms with Gasteiger partial charge in [-0.15, -0.1) is 0 Å². The van der Waals surface area contributed by atoms with Gasteiger partial charge in [0.25, 0.3) is 0 Å². The maximum atomic E-state index is 8.25. The van der Waals surface area contributed by atoms with Crippen molar-refractivity contribution < 1.29 is 51.2 Å². The molecule has 0 aromatic carbocycles. The third-order valence-corrected chi connectivity index (χ3v) is 0. The van der Waals surface area contributed by atoms with Crippen LogP contribution in [-0.2, 0) is 4.79 Å². The van der Waals surface area contributed by atoms with E-state index in [1.165, 1.54) is 0 Å². The fraction of sp³-hybridized carbons (Fsp3) is 0. The number of carboxylic acid groups (broad SMARTS) is 1. The van der Waals surface area contributed by atoms with Gasteiger partial charge in [0.05, 0.1) is 0 Å². The van der Waals surface area contributed by atoms with Crippen LogP contribution in [0.25, 0.3) is 0 Å². The van der Waals surface area contributed by atoms with E-state index in [0.29, 0.717) is 0 Å². The van der Waals surface area contributed by atoms with Crippen LogP contribution in [-0.4, -0.2) is 6.47 Å². The van der Waals surface area contributed by atoms with E-state index < -0.39 is 6.47 Å². The minimum Gasteiger partial charge on any atom is -0.554 e. The van der Waals surface area contributed by atoms with Gasteiger partial charge in [-0.3, -0.25) is 0 Å². The maximum absolute atomic E-state index is 8.25.